The van der Waals surface area contributed by atoms with Gasteiger partial charge in [0.1, 0.15) is 0 Å². The predicted octanol–water partition coefficient (Wildman–Crippen LogP) is 21.1. The number of rotatable bonds is 9. The molecule has 0 spiro atoms. The highest BCUT2D eigenvalue weighted by molar-refractivity contribution is 6.31. The van der Waals surface area contributed by atoms with E-state index in [4.69, 9.17) is 29.9 Å². The Hall–Kier alpha value is -13.2. The van der Waals surface area contributed by atoms with Crippen molar-refractivity contribution in [2.75, 3.05) is 0 Å². The van der Waals surface area contributed by atoms with Crippen LogP contribution in [0.15, 0.2) is 315 Å². The minimum atomic E-state index is 0.502. The maximum Gasteiger partial charge on any atom is 0.238 e. The molecule has 10 heteroatoms. The third kappa shape index (κ3) is 8.12. The van der Waals surface area contributed by atoms with Gasteiger partial charge in [0.15, 0.2) is 23.3 Å². The smallest absolute Gasteiger partial charge is 0.238 e. The standard InChI is InChI=1S/C86H52N10/c1-6-27-55(28-7-1)81-87-82(56-29-8-2-9-30-56)91-86(90-81)96-76-63-40-19-17-26-54(63)46-48-69(76)74-70(52-71-65-42-21-22-43-72(65)93(79(71)80(74)96)60-35-12-4-13-36-60)58-33-24-34-59(51-58)84-88-83(57-31-10-3-11-32-57)89-85(92-84)95-73-44-23-20-41-64(73)66-49-50-68-67-47-45-53-25-16-18-39-62(53)75(67)94(77(68)78(66)95)61-37-14-5-15-38-61/h1-52H. The molecule has 0 atom stereocenters. The van der Waals surface area contributed by atoms with E-state index in [2.05, 4.69) is 279 Å². The fourth-order valence-electron chi connectivity index (χ4n) is 15.1. The Bertz CT molecular complexity index is 6490. The van der Waals surface area contributed by atoms with Gasteiger partial charge >= 0.3 is 0 Å². The SMILES string of the molecule is c1ccc(-c2nc(-c3cccc(-c4cc5c6ccccc6n(-c6ccccc6)c5c5c4c4ccc6ccccc6c4n5-c4nc(-c5ccccc5)nc(-c5ccccc5)n4)c3)nc(-n3c4ccccc4c4ccc5c6ccc7ccccc7c6n(-c6ccccc6)c5c43)n2)cc1. The van der Waals surface area contributed by atoms with E-state index in [1.165, 1.54) is 16.2 Å². The monoisotopic (exact) mass is 1220 g/mol. The molecule has 14 aromatic carbocycles. The van der Waals surface area contributed by atoms with Crippen molar-refractivity contribution in [3.05, 3.63) is 315 Å². The molecule has 0 unspecified atom stereocenters. The van der Waals surface area contributed by atoms with E-state index in [-0.39, 0.29) is 0 Å². The van der Waals surface area contributed by atoms with Gasteiger partial charge in [-0.3, -0.25) is 9.13 Å². The lowest BCUT2D eigenvalue weighted by Gasteiger charge is -2.15. The van der Waals surface area contributed by atoms with Crippen LogP contribution in [0.25, 0.3) is 189 Å². The van der Waals surface area contributed by atoms with Crippen LogP contribution in [-0.2, 0) is 0 Å². The summed E-state index contributed by atoms with van der Waals surface area (Å²) >= 11 is 0. The maximum absolute atomic E-state index is 5.71. The van der Waals surface area contributed by atoms with Gasteiger partial charge in [0.05, 0.1) is 44.1 Å². The van der Waals surface area contributed by atoms with Crippen LogP contribution < -0.4 is 0 Å². The average Bonchev–Trinajstić information content (AvgIpc) is 1.53. The Balaban J connectivity index is 0.894. The molecule has 20 aromatic rings. The summed E-state index contributed by atoms with van der Waals surface area (Å²) in [4.78, 5) is 33.1. The molecule has 0 N–H and O–H groups in total. The Morgan fingerprint density at radius 2 is 0.573 bits per heavy atom. The summed E-state index contributed by atoms with van der Waals surface area (Å²) in [5.41, 5.74) is 15.8. The van der Waals surface area contributed by atoms with Crippen molar-refractivity contribution in [3.63, 3.8) is 0 Å². The topological polar surface area (TPSA) is 97.1 Å². The Labute approximate surface area is 549 Å². The molecule has 0 fully saturated rings. The molecule has 0 bridgehead atoms. The number of nitrogens with zero attached hydrogens (tertiary/aromatic N) is 10. The summed E-state index contributed by atoms with van der Waals surface area (Å²) in [5.74, 6) is 3.24. The highest BCUT2D eigenvalue weighted by atomic mass is 15.2. The molecule has 0 amide bonds. The van der Waals surface area contributed by atoms with Crippen LogP contribution in [0.2, 0.25) is 0 Å². The van der Waals surface area contributed by atoms with Crippen LogP contribution >= 0.6 is 0 Å². The third-order valence-corrected chi connectivity index (χ3v) is 19.2. The van der Waals surface area contributed by atoms with Crippen molar-refractivity contribution in [1.29, 1.82) is 0 Å². The van der Waals surface area contributed by atoms with Crippen molar-refractivity contribution >= 4 is 109 Å². The average molecular weight is 1230 g/mol. The number of fused-ring (bicyclic) bond motifs is 18. The van der Waals surface area contributed by atoms with Crippen molar-refractivity contribution < 1.29 is 0 Å². The number of benzene rings is 14. The lowest BCUT2D eigenvalue weighted by atomic mass is 9.95. The molecule has 0 saturated heterocycles. The molecule has 96 heavy (non-hydrogen) atoms. The highest BCUT2D eigenvalue weighted by Gasteiger charge is 2.29. The van der Waals surface area contributed by atoms with Gasteiger partial charge in [-0.05, 0) is 70.4 Å². The zero-order valence-electron chi connectivity index (χ0n) is 51.5. The lowest BCUT2D eigenvalue weighted by molar-refractivity contribution is 0.953. The third-order valence-electron chi connectivity index (χ3n) is 19.2. The van der Waals surface area contributed by atoms with E-state index in [0.29, 0.717) is 35.2 Å². The summed E-state index contributed by atoms with van der Waals surface area (Å²) in [5, 5.41) is 13.3. The quantitative estimate of drug-likeness (QED) is 0.143. The van der Waals surface area contributed by atoms with Crippen LogP contribution in [0.1, 0.15) is 0 Å². The lowest BCUT2D eigenvalue weighted by Crippen LogP contribution is -2.07. The molecule has 0 aliphatic rings. The van der Waals surface area contributed by atoms with E-state index >= 15 is 0 Å². The van der Waals surface area contributed by atoms with E-state index in [1.807, 2.05) is 54.6 Å². The molecule has 0 radical (unpaired) electrons. The molecule has 0 aliphatic carbocycles. The molecular formula is C86H52N10. The fraction of sp³-hybridized carbons (Fsp3) is 0. The van der Waals surface area contributed by atoms with Crippen molar-refractivity contribution in [3.8, 4) is 79.9 Å². The first-order chi connectivity index (χ1) is 47.6. The first-order valence-corrected chi connectivity index (χ1v) is 32.4. The summed E-state index contributed by atoms with van der Waals surface area (Å²) in [6, 6.07) is 112. The van der Waals surface area contributed by atoms with Gasteiger partial charge in [-0.1, -0.05) is 267 Å². The van der Waals surface area contributed by atoms with Crippen LogP contribution in [0.3, 0.4) is 0 Å². The maximum atomic E-state index is 5.71. The summed E-state index contributed by atoms with van der Waals surface area (Å²) < 4.78 is 9.48. The van der Waals surface area contributed by atoms with Gasteiger partial charge in [0.2, 0.25) is 11.9 Å². The van der Waals surface area contributed by atoms with Gasteiger partial charge < -0.3 is 9.13 Å². The van der Waals surface area contributed by atoms with Crippen molar-refractivity contribution in [2.24, 2.45) is 0 Å². The van der Waals surface area contributed by atoms with Gasteiger partial charge in [-0.15, -0.1) is 0 Å². The molecule has 446 valence electrons. The van der Waals surface area contributed by atoms with E-state index in [9.17, 15) is 0 Å². The van der Waals surface area contributed by atoms with E-state index in [1.54, 1.807) is 0 Å². The van der Waals surface area contributed by atoms with Crippen LogP contribution in [0.5, 0.6) is 0 Å². The zero-order valence-corrected chi connectivity index (χ0v) is 51.5. The van der Waals surface area contributed by atoms with E-state index in [0.717, 1.165) is 137 Å². The number of para-hydroxylation sites is 4. The summed E-state index contributed by atoms with van der Waals surface area (Å²) in [6.45, 7) is 0. The Kier molecular flexibility index (Phi) is 11.8. The second-order valence-corrected chi connectivity index (χ2v) is 24.6. The largest absolute Gasteiger partial charge is 0.307 e. The van der Waals surface area contributed by atoms with Gasteiger partial charge in [-0.25, -0.2) is 9.97 Å². The van der Waals surface area contributed by atoms with Gasteiger partial charge in [0.25, 0.3) is 0 Å². The first kappa shape index (κ1) is 53.5. The van der Waals surface area contributed by atoms with Gasteiger partial charge in [-0.2, -0.15) is 19.9 Å². The summed E-state index contributed by atoms with van der Waals surface area (Å²) in [7, 11) is 0. The minimum absolute atomic E-state index is 0.502. The number of hydrogen-bond acceptors (Lipinski definition) is 6. The van der Waals surface area contributed by atoms with Crippen molar-refractivity contribution in [1.82, 2.24) is 48.2 Å². The van der Waals surface area contributed by atoms with Crippen LogP contribution in [0.4, 0.5) is 0 Å². The van der Waals surface area contributed by atoms with Gasteiger partial charge in [0, 0.05) is 87.5 Å². The summed E-state index contributed by atoms with van der Waals surface area (Å²) in [6.07, 6.45) is 0. The molecule has 20 rings (SSSR count). The molecule has 0 aliphatic heterocycles. The first-order valence-electron chi connectivity index (χ1n) is 32.4. The number of hydrogen-bond donors (Lipinski definition) is 0. The Morgan fingerprint density at radius 1 is 0.198 bits per heavy atom. The molecule has 10 nitrogen and oxygen atoms in total. The normalized spacial score (nSPS) is 12.0. The minimum Gasteiger partial charge on any atom is -0.307 e. The van der Waals surface area contributed by atoms with Crippen LogP contribution in [0, 0.1) is 0 Å². The van der Waals surface area contributed by atoms with E-state index < -0.39 is 0 Å². The molecule has 6 heterocycles. The fourth-order valence-corrected chi connectivity index (χ4v) is 15.1. The highest BCUT2D eigenvalue weighted by Crippen LogP contribution is 2.49. The second-order valence-electron chi connectivity index (χ2n) is 24.6. The number of aromatic nitrogens is 10. The predicted molar refractivity (Wildman–Crippen MR) is 393 cm³/mol. The van der Waals surface area contributed by atoms with Crippen LogP contribution in [-0.4, -0.2) is 48.2 Å². The van der Waals surface area contributed by atoms with Crippen molar-refractivity contribution in [2.45, 2.75) is 0 Å². The molecule has 0 saturated carbocycles. The zero-order chi connectivity index (χ0) is 63.0. The Morgan fingerprint density at radius 3 is 1.15 bits per heavy atom. The molecular weight excluding hydrogens is 1170 g/mol. The second kappa shape index (κ2) is 21.2. The molecule has 6 aromatic heterocycles.